The molecule has 1 aromatic heterocycles. The molecule has 1 aliphatic rings. The van der Waals surface area contributed by atoms with Gasteiger partial charge in [0, 0.05) is 15.7 Å². The van der Waals surface area contributed by atoms with E-state index in [4.69, 9.17) is 4.98 Å². The van der Waals surface area contributed by atoms with E-state index in [1.54, 1.807) is 15.5 Å². The van der Waals surface area contributed by atoms with Crippen LogP contribution in [0.2, 0.25) is 0 Å². The molecule has 0 fully saturated rings. The molecule has 0 N–H and O–H groups in total. The highest BCUT2D eigenvalue weighted by Gasteiger charge is 2.31. The van der Waals surface area contributed by atoms with Gasteiger partial charge in [0.25, 0.3) is 11.5 Å². The van der Waals surface area contributed by atoms with E-state index >= 15 is 0 Å². The summed E-state index contributed by atoms with van der Waals surface area (Å²) < 4.78 is 2.56. The zero-order valence-corrected chi connectivity index (χ0v) is 19.8. The lowest BCUT2D eigenvalue weighted by Crippen LogP contribution is -2.26. The summed E-state index contributed by atoms with van der Waals surface area (Å²) in [6, 6.07) is 21.1. The molecule has 1 aliphatic heterocycles. The van der Waals surface area contributed by atoms with Crippen molar-refractivity contribution in [2.75, 3.05) is 11.4 Å². The monoisotopic (exact) mass is 533 g/mol. The van der Waals surface area contributed by atoms with Gasteiger partial charge >= 0.3 is 0 Å². The summed E-state index contributed by atoms with van der Waals surface area (Å²) in [6.45, 7) is 4.53. The highest BCUT2D eigenvalue weighted by molar-refractivity contribution is 14.1. The average Bonchev–Trinajstić information content (AvgIpc) is 3.06. The fourth-order valence-electron chi connectivity index (χ4n) is 4.10. The van der Waals surface area contributed by atoms with Gasteiger partial charge in [-0.25, -0.2) is 4.98 Å². The fraction of sp³-hybridized carbons (Fsp3) is 0.115. The molecule has 0 spiro atoms. The first-order valence-corrected chi connectivity index (χ1v) is 11.5. The molecule has 0 aliphatic carbocycles. The lowest BCUT2D eigenvalue weighted by atomic mass is 10.1. The van der Waals surface area contributed by atoms with E-state index in [0.29, 0.717) is 34.5 Å². The van der Waals surface area contributed by atoms with Crippen LogP contribution in [0.3, 0.4) is 0 Å². The second-order valence-corrected chi connectivity index (χ2v) is 8.98. The lowest BCUT2D eigenvalue weighted by Gasteiger charge is -2.14. The zero-order chi connectivity index (χ0) is 22.4. The number of benzene rings is 3. The Morgan fingerprint density at radius 1 is 1.00 bits per heavy atom. The van der Waals surface area contributed by atoms with E-state index in [1.165, 1.54) is 0 Å². The van der Waals surface area contributed by atoms with Crippen LogP contribution in [-0.2, 0) is 4.79 Å². The number of likely N-dealkylation sites (N-methyl/N-ethyl adjacent to an activating group) is 1. The van der Waals surface area contributed by atoms with E-state index in [-0.39, 0.29) is 11.5 Å². The summed E-state index contributed by atoms with van der Waals surface area (Å²) >= 11 is 2.20. The van der Waals surface area contributed by atoms with Gasteiger partial charge in [0.2, 0.25) is 0 Å². The minimum absolute atomic E-state index is 0.0823. The van der Waals surface area contributed by atoms with E-state index in [1.807, 2.05) is 80.6 Å². The van der Waals surface area contributed by atoms with Gasteiger partial charge in [-0.1, -0.05) is 35.9 Å². The number of aryl methyl sites for hydroxylation is 1. The topological polar surface area (TPSA) is 55.2 Å². The Hall–Kier alpha value is -3.26. The summed E-state index contributed by atoms with van der Waals surface area (Å²) in [4.78, 5) is 33.4. The molecule has 0 bridgehead atoms. The first kappa shape index (κ1) is 20.6. The summed E-state index contributed by atoms with van der Waals surface area (Å²) in [5.74, 6) is 0.352. The molecule has 4 aromatic rings. The standard InChI is InChI=1S/C26H20IN3O2/c1-3-29-23-7-5-4-6-19(23)20(25(29)31)15-24-28-22-13-10-17(27)14-21(22)26(32)30(24)18-11-8-16(2)9-12-18/h4-15H,3H2,1-2H3. The number of fused-ring (bicyclic) bond motifs is 2. The minimum Gasteiger partial charge on any atom is -0.308 e. The number of carbonyl (C=O) groups excluding carboxylic acids is 1. The second kappa shape index (κ2) is 8.02. The van der Waals surface area contributed by atoms with Crippen LogP contribution in [0.4, 0.5) is 5.69 Å². The van der Waals surface area contributed by atoms with Crippen LogP contribution >= 0.6 is 22.6 Å². The third-order valence-corrected chi connectivity index (χ3v) is 6.37. The number of carbonyl (C=O) groups is 1. The van der Waals surface area contributed by atoms with E-state index in [2.05, 4.69) is 22.6 Å². The number of hydrogen-bond acceptors (Lipinski definition) is 3. The number of rotatable bonds is 3. The maximum absolute atomic E-state index is 13.6. The van der Waals surface area contributed by atoms with Gasteiger partial charge in [-0.3, -0.25) is 14.2 Å². The molecule has 0 radical (unpaired) electrons. The molecule has 5 nitrogen and oxygen atoms in total. The van der Waals surface area contributed by atoms with Crippen molar-refractivity contribution in [1.82, 2.24) is 9.55 Å². The van der Waals surface area contributed by atoms with Crippen molar-refractivity contribution in [3.8, 4) is 5.69 Å². The van der Waals surface area contributed by atoms with E-state index < -0.39 is 0 Å². The van der Waals surface area contributed by atoms with Gasteiger partial charge in [-0.2, -0.15) is 0 Å². The molecule has 2 heterocycles. The Morgan fingerprint density at radius 3 is 2.50 bits per heavy atom. The van der Waals surface area contributed by atoms with Crippen LogP contribution in [0.1, 0.15) is 23.9 Å². The van der Waals surface area contributed by atoms with Crippen molar-refractivity contribution in [3.05, 3.63) is 97.6 Å². The van der Waals surface area contributed by atoms with E-state index in [0.717, 1.165) is 20.4 Å². The third-order valence-electron chi connectivity index (χ3n) is 5.70. The molecule has 5 rings (SSSR count). The second-order valence-electron chi connectivity index (χ2n) is 7.73. The Labute approximate surface area is 199 Å². The van der Waals surface area contributed by atoms with Crippen LogP contribution in [0, 0.1) is 10.5 Å². The van der Waals surface area contributed by atoms with Crippen LogP contribution in [-0.4, -0.2) is 22.0 Å². The fourth-order valence-corrected chi connectivity index (χ4v) is 4.60. The molecule has 0 atom stereocenters. The summed E-state index contributed by atoms with van der Waals surface area (Å²) in [5.41, 5.74) is 4.54. The Kier molecular flexibility index (Phi) is 5.17. The van der Waals surface area contributed by atoms with E-state index in [9.17, 15) is 9.59 Å². The number of amides is 1. The van der Waals surface area contributed by atoms with Gasteiger partial charge in [0.1, 0.15) is 5.82 Å². The molecule has 6 heteroatoms. The maximum Gasteiger partial charge on any atom is 0.266 e. The lowest BCUT2D eigenvalue weighted by molar-refractivity contribution is -0.112. The Bertz CT molecular complexity index is 1470. The number of aromatic nitrogens is 2. The highest BCUT2D eigenvalue weighted by Crippen LogP contribution is 2.37. The average molecular weight is 533 g/mol. The summed E-state index contributed by atoms with van der Waals surface area (Å²) in [7, 11) is 0. The van der Waals surface area contributed by atoms with Crippen molar-refractivity contribution in [1.29, 1.82) is 0 Å². The first-order valence-electron chi connectivity index (χ1n) is 10.4. The zero-order valence-electron chi connectivity index (χ0n) is 17.7. The molecule has 0 saturated carbocycles. The number of anilines is 1. The number of halogens is 1. The van der Waals surface area contributed by atoms with Gasteiger partial charge in [0.15, 0.2) is 0 Å². The van der Waals surface area contributed by atoms with Gasteiger partial charge in [-0.15, -0.1) is 0 Å². The number of para-hydroxylation sites is 1. The largest absolute Gasteiger partial charge is 0.308 e. The summed E-state index contributed by atoms with van der Waals surface area (Å²) in [5, 5.41) is 0.549. The number of hydrogen-bond donors (Lipinski definition) is 0. The van der Waals surface area contributed by atoms with Gasteiger partial charge in [-0.05, 0) is 78.9 Å². The van der Waals surface area contributed by atoms with Crippen LogP contribution in [0.25, 0.3) is 28.2 Å². The molecular formula is C26H20IN3O2. The van der Waals surface area contributed by atoms with Crippen LogP contribution < -0.4 is 10.5 Å². The predicted octanol–water partition coefficient (Wildman–Crippen LogP) is 5.21. The van der Waals surface area contributed by atoms with Crippen molar-refractivity contribution >= 4 is 56.7 Å². The predicted molar refractivity (Wildman–Crippen MR) is 137 cm³/mol. The Balaban J connectivity index is 1.82. The molecule has 0 unspecified atom stereocenters. The highest BCUT2D eigenvalue weighted by atomic mass is 127. The normalized spacial score (nSPS) is 14.4. The SMILES string of the molecule is CCN1C(=O)C(=Cc2nc3ccc(I)cc3c(=O)n2-c2ccc(C)cc2)c2ccccc21. The molecule has 1 amide bonds. The minimum atomic E-state index is -0.157. The summed E-state index contributed by atoms with van der Waals surface area (Å²) in [6.07, 6.45) is 1.75. The third kappa shape index (κ3) is 3.35. The smallest absolute Gasteiger partial charge is 0.266 e. The molecule has 3 aromatic carbocycles. The van der Waals surface area contributed by atoms with Crippen molar-refractivity contribution in [3.63, 3.8) is 0 Å². The van der Waals surface area contributed by atoms with Gasteiger partial charge < -0.3 is 4.90 Å². The van der Waals surface area contributed by atoms with Crippen LogP contribution in [0.15, 0.2) is 71.5 Å². The quantitative estimate of drug-likeness (QED) is 0.269. The van der Waals surface area contributed by atoms with Crippen LogP contribution in [0.5, 0.6) is 0 Å². The molecule has 0 saturated heterocycles. The molecule has 32 heavy (non-hydrogen) atoms. The van der Waals surface area contributed by atoms with Crippen molar-refractivity contribution in [2.24, 2.45) is 0 Å². The first-order chi connectivity index (χ1) is 15.5. The van der Waals surface area contributed by atoms with Crippen molar-refractivity contribution < 1.29 is 4.79 Å². The maximum atomic E-state index is 13.6. The number of nitrogens with zero attached hydrogens (tertiary/aromatic N) is 3. The molecule has 158 valence electrons. The molecular weight excluding hydrogens is 513 g/mol. The van der Waals surface area contributed by atoms with Crippen molar-refractivity contribution in [2.45, 2.75) is 13.8 Å². The van der Waals surface area contributed by atoms with Gasteiger partial charge in [0.05, 0.1) is 27.9 Å². The Morgan fingerprint density at radius 2 is 1.75 bits per heavy atom.